The van der Waals surface area contributed by atoms with Crippen LogP contribution in [-0.2, 0) is 5.41 Å². The summed E-state index contributed by atoms with van der Waals surface area (Å²) in [4.78, 5) is 17.8. The second-order valence-corrected chi connectivity index (χ2v) is 8.06. The van der Waals surface area contributed by atoms with Crippen molar-refractivity contribution in [1.29, 1.82) is 5.26 Å². The van der Waals surface area contributed by atoms with Crippen LogP contribution in [0.3, 0.4) is 0 Å². The first-order valence-electron chi connectivity index (χ1n) is 8.61. The Labute approximate surface area is 159 Å². The average molecular weight is 369 g/mol. The molecule has 0 amide bonds. The van der Waals surface area contributed by atoms with E-state index in [0.29, 0.717) is 24.3 Å². The van der Waals surface area contributed by atoms with Crippen molar-refractivity contribution in [2.24, 2.45) is 0 Å². The summed E-state index contributed by atoms with van der Waals surface area (Å²) in [5.74, 6) is 0.706. The molecule has 0 fully saturated rings. The number of carbonyl (C=O) groups excluding carboxylic acids is 1. The first kappa shape index (κ1) is 19.9. The minimum Gasteiger partial charge on any atom is -0.494 e. The van der Waals surface area contributed by atoms with E-state index in [-0.39, 0.29) is 11.2 Å². The number of benzene rings is 1. The van der Waals surface area contributed by atoms with Crippen molar-refractivity contribution in [2.75, 3.05) is 6.61 Å². The average Bonchev–Trinajstić information content (AvgIpc) is 2.99. The predicted octanol–water partition coefficient (Wildman–Crippen LogP) is 5.33. The van der Waals surface area contributed by atoms with E-state index in [9.17, 15) is 4.79 Å². The second kappa shape index (κ2) is 8.77. The molecule has 0 saturated heterocycles. The quantitative estimate of drug-likeness (QED) is 0.376. The normalized spacial score (nSPS) is 11.5. The second-order valence-electron chi connectivity index (χ2n) is 7.06. The number of thiazole rings is 1. The minimum absolute atomic E-state index is 0.0316. The van der Waals surface area contributed by atoms with Gasteiger partial charge in [0.25, 0.3) is 0 Å². The van der Waals surface area contributed by atoms with Crippen LogP contribution in [0.25, 0.3) is 6.08 Å². The van der Waals surface area contributed by atoms with Crippen molar-refractivity contribution >= 4 is 23.2 Å². The van der Waals surface area contributed by atoms with E-state index in [1.807, 2.05) is 31.2 Å². The maximum atomic E-state index is 12.5. The summed E-state index contributed by atoms with van der Waals surface area (Å²) >= 11 is 1.47. The van der Waals surface area contributed by atoms with Crippen molar-refractivity contribution < 1.29 is 9.53 Å². The fraction of sp³-hybridized carbons (Fsp3) is 0.381. The van der Waals surface area contributed by atoms with E-state index >= 15 is 0 Å². The molecule has 0 aliphatic rings. The zero-order chi connectivity index (χ0) is 19.2. The Morgan fingerprint density at radius 3 is 2.81 bits per heavy atom. The number of hydrogen-bond acceptors (Lipinski definition) is 5. The molecule has 0 aliphatic carbocycles. The van der Waals surface area contributed by atoms with Crippen molar-refractivity contribution in [3.05, 3.63) is 51.5 Å². The summed E-state index contributed by atoms with van der Waals surface area (Å²) in [6.45, 7) is 8.67. The number of nitriles is 1. The topological polar surface area (TPSA) is 63.0 Å². The highest BCUT2D eigenvalue weighted by Crippen LogP contribution is 2.29. The van der Waals surface area contributed by atoms with E-state index in [0.717, 1.165) is 22.0 Å². The summed E-state index contributed by atoms with van der Waals surface area (Å²) in [5, 5.41) is 9.51. The summed E-state index contributed by atoms with van der Waals surface area (Å²) in [6, 6.07) is 9.66. The Bertz CT molecular complexity index is 838. The molecule has 0 N–H and O–H groups in total. The van der Waals surface area contributed by atoms with Gasteiger partial charge in [-0.3, -0.25) is 4.79 Å². The fourth-order valence-corrected chi connectivity index (χ4v) is 3.29. The molecule has 136 valence electrons. The van der Waals surface area contributed by atoms with E-state index < -0.39 is 0 Å². The third kappa shape index (κ3) is 5.53. The van der Waals surface area contributed by atoms with Crippen LogP contribution in [0, 0.1) is 18.3 Å². The number of ether oxygens (including phenoxy) is 1. The molecule has 4 nitrogen and oxygen atoms in total. The van der Waals surface area contributed by atoms with E-state index in [2.05, 4.69) is 31.8 Å². The third-order valence-corrected chi connectivity index (χ3v) is 5.25. The Morgan fingerprint density at radius 2 is 2.15 bits per heavy atom. The lowest BCUT2D eigenvalue weighted by molar-refractivity contribution is 0.105. The monoisotopic (exact) mass is 368 g/mol. The smallest absolute Gasteiger partial charge is 0.197 e. The molecule has 1 aromatic heterocycles. The highest BCUT2D eigenvalue weighted by atomic mass is 32.1. The van der Waals surface area contributed by atoms with E-state index in [1.165, 1.54) is 11.3 Å². The van der Waals surface area contributed by atoms with Gasteiger partial charge in [0.05, 0.1) is 28.3 Å². The molecule has 0 unspecified atom stereocenters. The molecule has 1 heterocycles. The van der Waals surface area contributed by atoms with Gasteiger partial charge in [0, 0.05) is 11.8 Å². The van der Waals surface area contributed by atoms with Crippen LogP contribution >= 0.6 is 11.3 Å². The van der Waals surface area contributed by atoms with Crippen LogP contribution in [0.4, 0.5) is 0 Å². The summed E-state index contributed by atoms with van der Waals surface area (Å²) in [7, 11) is 0. The fourth-order valence-electron chi connectivity index (χ4n) is 2.24. The zero-order valence-corrected chi connectivity index (χ0v) is 16.5. The molecule has 5 heteroatoms. The molecule has 0 saturated carbocycles. The van der Waals surface area contributed by atoms with Gasteiger partial charge >= 0.3 is 0 Å². The van der Waals surface area contributed by atoms with Crippen molar-refractivity contribution in [3.8, 4) is 11.8 Å². The maximum Gasteiger partial charge on any atom is 0.197 e. The molecule has 0 aliphatic heterocycles. The van der Waals surface area contributed by atoms with Crippen LogP contribution in [0.15, 0.2) is 30.3 Å². The number of aromatic nitrogens is 1. The Balaban J connectivity index is 2.06. The van der Waals surface area contributed by atoms with Gasteiger partial charge in [-0.05, 0) is 37.1 Å². The first-order chi connectivity index (χ1) is 12.3. The number of ketones is 1. The lowest BCUT2D eigenvalue weighted by Crippen LogP contribution is -2.10. The van der Waals surface area contributed by atoms with E-state index in [4.69, 9.17) is 10.00 Å². The van der Waals surface area contributed by atoms with Gasteiger partial charge < -0.3 is 4.74 Å². The predicted molar refractivity (Wildman–Crippen MR) is 106 cm³/mol. The number of aryl methyl sites for hydroxylation is 1. The third-order valence-electron chi connectivity index (χ3n) is 3.65. The van der Waals surface area contributed by atoms with Gasteiger partial charge in [-0.2, -0.15) is 5.26 Å². The number of nitrogens with zero attached hydrogens (tertiary/aromatic N) is 2. The highest BCUT2D eigenvalue weighted by Gasteiger charge is 2.22. The van der Waals surface area contributed by atoms with Gasteiger partial charge in [-0.15, -0.1) is 11.3 Å². The van der Waals surface area contributed by atoms with Crippen LogP contribution < -0.4 is 4.74 Å². The van der Waals surface area contributed by atoms with Gasteiger partial charge in [0.1, 0.15) is 5.75 Å². The molecule has 2 aromatic rings. The van der Waals surface area contributed by atoms with Gasteiger partial charge in [0.15, 0.2) is 5.78 Å². The molecule has 0 bridgehead atoms. The minimum atomic E-state index is -0.0606. The number of rotatable bonds is 7. The van der Waals surface area contributed by atoms with Crippen molar-refractivity contribution in [2.45, 2.75) is 46.0 Å². The molecular formula is C21H24N2O2S. The number of carbonyl (C=O) groups is 1. The van der Waals surface area contributed by atoms with Gasteiger partial charge in [0.2, 0.25) is 0 Å². The molecule has 1 aromatic carbocycles. The molecule has 26 heavy (non-hydrogen) atoms. The maximum absolute atomic E-state index is 12.5. The Kier molecular flexibility index (Phi) is 6.70. The number of hydrogen-bond donors (Lipinski definition) is 0. The van der Waals surface area contributed by atoms with Gasteiger partial charge in [-0.1, -0.05) is 39.0 Å². The largest absolute Gasteiger partial charge is 0.494 e. The van der Waals surface area contributed by atoms with Crippen LogP contribution in [0.1, 0.15) is 59.5 Å². The molecule has 0 radical (unpaired) electrons. The summed E-state index contributed by atoms with van der Waals surface area (Å²) < 4.78 is 5.62. The molecule has 0 spiro atoms. The van der Waals surface area contributed by atoms with Gasteiger partial charge in [-0.25, -0.2) is 4.98 Å². The summed E-state index contributed by atoms with van der Waals surface area (Å²) in [6.07, 6.45) is 4.57. The number of unbranched alkanes of at least 4 members (excludes halogenated alkanes) is 1. The Hall–Kier alpha value is -2.45. The van der Waals surface area contributed by atoms with Crippen LogP contribution in [-0.4, -0.2) is 17.4 Å². The van der Waals surface area contributed by atoms with Crippen LogP contribution in [0.5, 0.6) is 5.75 Å². The standard InChI is InChI=1S/C21H24N2O2S/c1-15-19(26-20(23-15)21(2,3)4)18(24)11-10-16-8-7-9-17(14-16)25-13-6-5-12-22/h7-11,14H,5-6,13H2,1-4H3/b11-10+. The SMILES string of the molecule is Cc1nc(C(C)(C)C)sc1C(=O)/C=C/c1cccc(OCCCC#N)c1. The Morgan fingerprint density at radius 1 is 1.38 bits per heavy atom. The number of allylic oxidation sites excluding steroid dienone is 1. The van der Waals surface area contributed by atoms with E-state index in [1.54, 1.807) is 12.2 Å². The summed E-state index contributed by atoms with van der Waals surface area (Å²) in [5.41, 5.74) is 1.62. The highest BCUT2D eigenvalue weighted by molar-refractivity contribution is 7.14. The lowest BCUT2D eigenvalue weighted by Gasteiger charge is -2.13. The molecule has 2 rings (SSSR count). The van der Waals surface area contributed by atoms with Crippen LogP contribution in [0.2, 0.25) is 0 Å². The van der Waals surface area contributed by atoms with Crippen molar-refractivity contribution in [1.82, 2.24) is 4.98 Å². The van der Waals surface area contributed by atoms with Crippen molar-refractivity contribution in [3.63, 3.8) is 0 Å². The lowest BCUT2D eigenvalue weighted by atomic mass is 9.98. The first-order valence-corrected chi connectivity index (χ1v) is 9.43. The molecular weight excluding hydrogens is 344 g/mol. The zero-order valence-electron chi connectivity index (χ0n) is 15.7. The molecule has 0 atom stereocenters.